The Morgan fingerprint density at radius 3 is 2.70 bits per heavy atom. The highest BCUT2D eigenvalue weighted by Crippen LogP contribution is 2.20. The molecule has 5 heteroatoms. The van der Waals surface area contributed by atoms with Gasteiger partial charge in [-0.15, -0.1) is 0 Å². The number of aliphatic carboxylic acids is 1. The summed E-state index contributed by atoms with van der Waals surface area (Å²) in [5.41, 5.74) is 1.49. The van der Waals surface area contributed by atoms with Gasteiger partial charge in [0.05, 0.1) is 0 Å². The number of hydrogen-bond donors (Lipinski definition) is 2. The van der Waals surface area contributed by atoms with Gasteiger partial charge in [0.2, 0.25) is 0 Å². The molecule has 0 fully saturated rings. The standard InChI is InChI=1S/C15H18N2O3/c1-3-8-17-12-7-5-4-6-11(12)9-13(17)14(18)16-10(2)15(19)20/h4-7,9-10H,3,8H2,1-2H3,(H,16,18)(H,19,20). The topological polar surface area (TPSA) is 71.3 Å². The number of aryl methyl sites for hydroxylation is 1. The summed E-state index contributed by atoms with van der Waals surface area (Å²) >= 11 is 0. The van der Waals surface area contributed by atoms with Crippen LogP contribution in [-0.2, 0) is 11.3 Å². The smallest absolute Gasteiger partial charge is 0.325 e. The fourth-order valence-electron chi connectivity index (χ4n) is 2.20. The van der Waals surface area contributed by atoms with E-state index in [1.807, 2.05) is 35.8 Å². The Labute approximate surface area is 117 Å². The number of amides is 1. The molecule has 1 heterocycles. The minimum atomic E-state index is -1.04. The molecule has 0 aliphatic heterocycles. The van der Waals surface area contributed by atoms with Crippen LogP contribution in [0.2, 0.25) is 0 Å². The van der Waals surface area contributed by atoms with E-state index in [4.69, 9.17) is 5.11 Å². The van der Waals surface area contributed by atoms with E-state index < -0.39 is 12.0 Å². The monoisotopic (exact) mass is 274 g/mol. The predicted octanol–water partition coefficient (Wildman–Crippen LogP) is 2.25. The third kappa shape index (κ3) is 2.66. The van der Waals surface area contributed by atoms with Gasteiger partial charge in [-0.2, -0.15) is 0 Å². The average molecular weight is 274 g/mol. The lowest BCUT2D eigenvalue weighted by atomic mass is 10.2. The Hall–Kier alpha value is -2.30. The number of aromatic nitrogens is 1. The van der Waals surface area contributed by atoms with Gasteiger partial charge < -0.3 is 15.0 Å². The summed E-state index contributed by atoms with van der Waals surface area (Å²) in [6.07, 6.45) is 0.896. The number of rotatable bonds is 5. The van der Waals surface area contributed by atoms with Gasteiger partial charge in [0, 0.05) is 17.4 Å². The Morgan fingerprint density at radius 2 is 2.05 bits per heavy atom. The quantitative estimate of drug-likeness (QED) is 0.878. The lowest BCUT2D eigenvalue weighted by molar-refractivity contribution is -0.138. The summed E-state index contributed by atoms with van der Waals surface area (Å²) in [6.45, 7) is 4.21. The molecule has 0 aliphatic carbocycles. The predicted molar refractivity (Wildman–Crippen MR) is 76.8 cm³/mol. The molecule has 1 amide bonds. The van der Waals surface area contributed by atoms with Gasteiger partial charge in [-0.25, -0.2) is 0 Å². The van der Waals surface area contributed by atoms with Crippen LogP contribution in [0.3, 0.4) is 0 Å². The van der Waals surface area contributed by atoms with Crippen molar-refractivity contribution in [3.8, 4) is 0 Å². The number of hydrogen-bond acceptors (Lipinski definition) is 2. The molecule has 5 nitrogen and oxygen atoms in total. The van der Waals surface area contributed by atoms with Crippen LogP contribution in [0.5, 0.6) is 0 Å². The van der Waals surface area contributed by atoms with Crippen molar-refractivity contribution in [1.82, 2.24) is 9.88 Å². The number of nitrogens with one attached hydrogen (secondary N) is 1. The second kappa shape index (κ2) is 5.77. The highest BCUT2D eigenvalue weighted by Gasteiger charge is 2.19. The molecule has 0 saturated heterocycles. The largest absolute Gasteiger partial charge is 0.480 e. The molecule has 2 N–H and O–H groups in total. The van der Waals surface area contributed by atoms with Gasteiger partial charge in [-0.05, 0) is 25.5 Å². The van der Waals surface area contributed by atoms with E-state index in [2.05, 4.69) is 5.32 Å². The molecule has 20 heavy (non-hydrogen) atoms. The number of benzene rings is 1. The van der Waals surface area contributed by atoms with E-state index >= 15 is 0 Å². The number of fused-ring (bicyclic) bond motifs is 1. The van der Waals surface area contributed by atoms with E-state index in [1.165, 1.54) is 6.92 Å². The molecular weight excluding hydrogens is 256 g/mol. The summed E-state index contributed by atoms with van der Waals surface area (Å²) in [5, 5.41) is 12.3. The van der Waals surface area contributed by atoms with Gasteiger partial charge in [-0.3, -0.25) is 9.59 Å². The van der Waals surface area contributed by atoms with Crippen LogP contribution in [0.4, 0.5) is 0 Å². The summed E-state index contributed by atoms with van der Waals surface area (Å²) < 4.78 is 1.93. The lowest BCUT2D eigenvalue weighted by Crippen LogP contribution is -2.39. The summed E-state index contributed by atoms with van der Waals surface area (Å²) in [4.78, 5) is 23.1. The summed E-state index contributed by atoms with van der Waals surface area (Å²) in [5.74, 6) is -1.40. The fourth-order valence-corrected chi connectivity index (χ4v) is 2.20. The number of carbonyl (C=O) groups is 2. The average Bonchev–Trinajstić information content (AvgIpc) is 2.78. The minimum absolute atomic E-state index is 0.357. The molecule has 1 unspecified atom stereocenters. The Kier molecular flexibility index (Phi) is 4.08. The number of para-hydroxylation sites is 1. The molecule has 1 aromatic carbocycles. The van der Waals surface area contributed by atoms with Crippen molar-refractivity contribution < 1.29 is 14.7 Å². The number of carboxylic acids is 1. The highest BCUT2D eigenvalue weighted by atomic mass is 16.4. The van der Waals surface area contributed by atoms with E-state index in [0.717, 1.165) is 23.9 Å². The van der Waals surface area contributed by atoms with E-state index in [0.29, 0.717) is 5.69 Å². The van der Waals surface area contributed by atoms with Crippen molar-refractivity contribution in [1.29, 1.82) is 0 Å². The first-order valence-corrected chi connectivity index (χ1v) is 6.66. The van der Waals surface area contributed by atoms with E-state index in [9.17, 15) is 9.59 Å². The van der Waals surface area contributed by atoms with Crippen LogP contribution in [-0.4, -0.2) is 27.6 Å². The highest BCUT2D eigenvalue weighted by molar-refractivity contribution is 6.00. The minimum Gasteiger partial charge on any atom is -0.480 e. The molecular formula is C15H18N2O3. The first kappa shape index (κ1) is 14.1. The molecule has 0 bridgehead atoms. The van der Waals surface area contributed by atoms with E-state index in [-0.39, 0.29) is 5.91 Å². The molecule has 0 spiro atoms. The maximum Gasteiger partial charge on any atom is 0.325 e. The van der Waals surface area contributed by atoms with Crippen LogP contribution in [0.1, 0.15) is 30.8 Å². The second-order valence-corrected chi connectivity index (χ2v) is 4.77. The van der Waals surface area contributed by atoms with Gasteiger partial charge in [0.15, 0.2) is 0 Å². The first-order chi connectivity index (χ1) is 9.54. The van der Waals surface area contributed by atoms with Crippen LogP contribution in [0.25, 0.3) is 10.9 Å². The van der Waals surface area contributed by atoms with Crippen molar-refractivity contribution in [2.24, 2.45) is 0 Å². The van der Waals surface area contributed by atoms with Crippen LogP contribution < -0.4 is 5.32 Å². The van der Waals surface area contributed by atoms with Gasteiger partial charge in [0.1, 0.15) is 11.7 Å². The third-order valence-electron chi connectivity index (χ3n) is 3.21. The molecule has 2 rings (SSSR count). The molecule has 2 aromatic rings. The maximum atomic E-state index is 12.2. The Morgan fingerprint density at radius 1 is 1.35 bits per heavy atom. The molecule has 106 valence electrons. The van der Waals surface area contributed by atoms with Crippen LogP contribution in [0, 0.1) is 0 Å². The molecule has 1 aromatic heterocycles. The number of carboxylic acid groups (broad SMARTS) is 1. The van der Waals surface area contributed by atoms with Crippen LogP contribution in [0.15, 0.2) is 30.3 Å². The van der Waals surface area contributed by atoms with Crippen LogP contribution >= 0.6 is 0 Å². The summed E-state index contributed by atoms with van der Waals surface area (Å²) in [7, 11) is 0. The van der Waals surface area contributed by atoms with Crippen molar-refractivity contribution in [3.05, 3.63) is 36.0 Å². The SMILES string of the molecule is CCCn1c(C(=O)NC(C)C(=O)O)cc2ccccc21. The summed E-state index contributed by atoms with van der Waals surface area (Å²) in [6, 6.07) is 8.64. The fraction of sp³-hybridized carbons (Fsp3) is 0.333. The lowest BCUT2D eigenvalue weighted by Gasteiger charge is -2.12. The number of nitrogens with zero attached hydrogens (tertiary/aromatic N) is 1. The molecule has 1 atom stereocenters. The number of carbonyl (C=O) groups excluding carboxylic acids is 1. The Bertz CT molecular complexity index is 646. The van der Waals surface area contributed by atoms with Crippen molar-refractivity contribution in [2.45, 2.75) is 32.9 Å². The van der Waals surface area contributed by atoms with Gasteiger partial charge in [-0.1, -0.05) is 25.1 Å². The van der Waals surface area contributed by atoms with Gasteiger partial charge >= 0.3 is 5.97 Å². The van der Waals surface area contributed by atoms with Crippen molar-refractivity contribution in [2.75, 3.05) is 0 Å². The second-order valence-electron chi connectivity index (χ2n) is 4.77. The molecule has 0 aliphatic rings. The first-order valence-electron chi connectivity index (χ1n) is 6.66. The van der Waals surface area contributed by atoms with E-state index in [1.54, 1.807) is 6.07 Å². The Balaban J connectivity index is 2.39. The molecule has 0 radical (unpaired) electrons. The normalized spacial score (nSPS) is 12.3. The zero-order valence-electron chi connectivity index (χ0n) is 11.6. The van der Waals surface area contributed by atoms with Crippen molar-refractivity contribution in [3.63, 3.8) is 0 Å². The van der Waals surface area contributed by atoms with Gasteiger partial charge in [0.25, 0.3) is 5.91 Å². The molecule has 0 saturated carbocycles. The third-order valence-corrected chi connectivity index (χ3v) is 3.21. The van der Waals surface area contributed by atoms with Crippen molar-refractivity contribution >= 4 is 22.8 Å². The zero-order valence-corrected chi connectivity index (χ0v) is 11.6. The maximum absolute atomic E-state index is 12.2. The zero-order chi connectivity index (χ0) is 14.7.